The number of tetrazole rings is 1. The Kier molecular flexibility index (Phi) is 7.59. The quantitative estimate of drug-likeness (QED) is 0.288. The van der Waals surface area contributed by atoms with Crippen LogP contribution in [0.1, 0.15) is 29.4 Å². The molecule has 192 valence electrons. The molecule has 38 heavy (non-hydrogen) atoms. The van der Waals surface area contributed by atoms with Gasteiger partial charge in [0, 0.05) is 30.7 Å². The number of hydrogen-bond acceptors (Lipinski definition) is 5. The average molecular weight is 507 g/mol. The molecular weight excluding hydrogens is 476 g/mol. The van der Waals surface area contributed by atoms with Crippen LogP contribution in [0.4, 0.5) is 0 Å². The minimum Gasteiger partial charge on any atom is -0.488 e. The number of ether oxygens (including phenoxy) is 1. The van der Waals surface area contributed by atoms with Crippen molar-refractivity contribution >= 4 is 28.5 Å². The van der Waals surface area contributed by atoms with Crippen LogP contribution in [0.3, 0.4) is 0 Å². The van der Waals surface area contributed by atoms with Crippen molar-refractivity contribution in [3.8, 4) is 5.75 Å². The topological polar surface area (TPSA) is 88.9 Å². The van der Waals surface area contributed by atoms with E-state index >= 15 is 0 Å². The minimum absolute atomic E-state index is 0.0418. The number of benzene rings is 3. The largest absolute Gasteiger partial charge is 0.488 e. The summed E-state index contributed by atoms with van der Waals surface area (Å²) in [6.07, 6.45) is 4.82. The molecular formula is C30H30N6O2. The highest BCUT2D eigenvalue weighted by Crippen LogP contribution is 2.33. The van der Waals surface area contributed by atoms with Crippen LogP contribution in [0.15, 0.2) is 85.1 Å². The second-order valence-corrected chi connectivity index (χ2v) is 9.26. The lowest BCUT2D eigenvalue weighted by atomic mass is 10.1. The number of aromatic amines is 1. The van der Waals surface area contributed by atoms with Crippen molar-refractivity contribution in [1.82, 2.24) is 30.1 Å². The van der Waals surface area contributed by atoms with E-state index in [9.17, 15) is 4.79 Å². The number of H-pyrrole nitrogens is 1. The van der Waals surface area contributed by atoms with E-state index in [4.69, 9.17) is 4.74 Å². The maximum atomic E-state index is 13.2. The van der Waals surface area contributed by atoms with Crippen molar-refractivity contribution in [2.45, 2.75) is 26.5 Å². The summed E-state index contributed by atoms with van der Waals surface area (Å²) >= 11 is 0. The van der Waals surface area contributed by atoms with E-state index < -0.39 is 0 Å². The molecule has 0 saturated carbocycles. The van der Waals surface area contributed by atoms with E-state index in [1.807, 2.05) is 97.5 Å². The summed E-state index contributed by atoms with van der Waals surface area (Å²) in [4.78, 5) is 15.0. The predicted octanol–water partition coefficient (Wildman–Crippen LogP) is 5.00. The van der Waals surface area contributed by atoms with Crippen molar-refractivity contribution in [1.29, 1.82) is 0 Å². The summed E-state index contributed by atoms with van der Waals surface area (Å²) in [5.74, 6) is 1.38. The number of nitrogens with zero attached hydrogens (tertiary/aromatic N) is 5. The second kappa shape index (κ2) is 11.6. The van der Waals surface area contributed by atoms with Gasteiger partial charge in [-0.3, -0.25) is 4.79 Å². The van der Waals surface area contributed by atoms with Gasteiger partial charge in [0.2, 0.25) is 5.91 Å². The Morgan fingerprint density at radius 3 is 2.45 bits per heavy atom. The molecule has 1 amide bonds. The lowest BCUT2D eigenvalue weighted by Crippen LogP contribution is -2.31. The molecule has 8 heteroatoms. The predicted molar refractivity (Wildman–Crippen MR) is 148 cm³/mol. The molecule has 0 saturated heterocycles. The first-order valence-corrected chi connectivity index (χ1v) is 12.6. The molecule has 0 aliphatic heterocycles. The number of rotatable bonds is 10. The van der Waals surface area contributed by atoms with Crippen LogP contribution in [0.5, 0.6) is 5.75 Å². The third kappa shape index (κ3) is 5.81. The van der Waals surface area contributed by atoms with Crippen LogP contribution in [0.2, 0.25) is 0 Å². The van der Waals surface area contributed by atoms with Gasteiger partial charge in [-0.15, -0.1) is 5.10 Å². The summed E-state index contributed by atoms with van der Waals surface area (Å²) in [5.41, 5.74) is 5.02. The van der Waals surface area contributed by atoms with E-state index in [0.29, 0.717) is 19.0 Å². The number of nitrogens with one attached hydrogen (secondary N) is 1. The van der Waals surface area contributed by atoms with Gasteiger partial charge in [-0.05, 0) is 58.7 Å². The number of aromatic nitrogens is 5. The van der Waals surface area contributed by atoms with E-state index in [1.54, 1.807) is 4.90 Å². The molecule has 8 nitrogen and oxygen atoms in total. The van der Waals surface area contributed by atoms with Crippen molar-refractivity contribution in [3.05, 3.63) is 108 Å². The first-order valence-electron chi connectivity index (χ1n) is 12.6. The van der Waals surface area contributed by atoms with Gasteiger partial charge in [0.25, 0.3) is 0 Å². The molecule has 0 spiro atoms. The molecule has 0 unspecified atom stereocenters. The molecule has 0 bridgehead atoms. The van der Waals surface area contributed by atoms with Gasteiger partial charge in [0.15, 0.2) is 5.82 Å². The minimum atomic E-state index is 0.0418. The van der Waals surface area contributed by atoms with Gasteiger partial charge < -0.3 is 14.2 Å². The van der Waals surface area contributed by atoms with Crippen LogP contribution >= 0.6 is 0 Å². The summed E-state index contributed by atoms with van der Waals surface area (Å²) in [5, 5.41) is 15.2. The Balaban J connectivity index is 1.43. The molecule has 0 radical (unpaired) electrons. The first kappa shape index (κ1) is 25.0. The fourth-order valence-electron chi connectivity index (χ4n) is 4.41. The molecule has 0 fully saturated rings. The Bertz CT molecular complexity index is 1530. The maximum absolute atomic E-state index is 13.2. The number of fused-ring (bicyclic) bond motifs is 1. The Hall–Kier alpha value is -4.72. The van der Waals surface area contributed by atoms with E-state index in [2.05, 4.69) is 32.8 Å². The first-order chi connectivity index (χ1) is 18.6. The van der Waals surface area contributed by atoms with E-state index in [-0.39, 0.29) is 12.5 Å². The van der Waals surface area contributed by atoms with Gasteiger partial charge in [0.1, 0.15) is 18.9 Å². The number of carbonyl (C=O) groups is 1. The van der Waals surface area contributed by atoms with Gasteiger partial charge >= 0.3 is 0 Å². The number of amides is 1. The summed E-state index contributed by atoms with van der Waals surface area (Å²) in [6, 6.07) is 26.2. The average Bonchev–Trinajstić information content (AvgIpc) is 3.61. The molecule has 0 aliphatic rings. The van der Waals surface area contributed by atoms with Crippen LogP contribution < -0.4 is 4.74 Å². The maximum Gasteiger partial charge on any atom is 0.242 e. The molecule has 1 N–H and O–H groups in total. The van der Waals surface area contributed by atoms with Gasteiger partial charge in [0.05, 0.1) is 5.52 Å². The third-order valence-corrected chi connectivity index (χ3v) is 6.54. The number of allylic oxidation sites excluding steroid dienone is 1. The highest BCUT2D eigenvalue weighted by molar-refractivity contribution is 5.98. The third-order valence-electron chi connectivity index (χ3n) is 6.54. The zero-order chi connectivity index (χ0) is 26.3. The number of hydrogen-bond donors (Lipinski definition) is 1. The molecule has 0 aliphatic carbocycles. The zero-order valence-electron chi connectivity index (χ0n) is 21.5. The monoisotopic (exact) mass is 506 g/mol. The highest BCUT2D eigenvalue weighted by atomic mass is 16.5. The standard InChI is InChI=1S/C30H30N6O2/c1-22(30-31-33-34-32-30)18-25-19-36(20-28(37)35(2)17-16-23-10-5-3-6-11-23)26-14-9-15-27(29(25)26)38-21-24-12-7-4-8-13-24/h3-15,18-19H,16-17,20-21H2,1-2H3,(H,31,32,33,34). The lowest BCUT2D eigenvalue weighted by molar-refractivity contribution is -0.130. The smallest absolute Gasteiger partial charge is 0.242 e. The fourth-order valence-corrected chi connectivity index (χ4v) is 4.41. The van der Waals surface area contributed by atoms with E-state index in [0.717, 1.165) is 39.8 Å². The number of likely N-dealkylation sites (N-methyl/N-ethyl adjacent to an activating group) is 1. The van der Waals surface area contributed by atoms with Crippen molar-refractivity contribution in [2.75, 3.05) is 13.6 Å². The Morgan fingerprint density at radius 2 is 1.74 bits per heavy atom. The zero-order valence-corrected chi connectivity index (χ0v) is 21.5. The van der Waals surface area contributed by atoms with Crippen molar-refractivity contribution in [3.63, 3.8) is 0 Å². The lowest BCUT2D eigenvalue weighted by Gasteiger charge is -2.18. The van der Waals surface area contributed by atoms with Crippen LogP contribution in [0.25, 0.3) is 22.6 Å². The molecule has 0 atom stereocenters. The van der Waals surface area contributed by atoms with Gasteiger partial charge in [-0.2, -0.15) is 0 Å². The van der Waals surface area contributed by atoms with Crippen LogP contribution in [0, 0.1) is 0 Å². The summed E-state index contributed by atoms with van der Waals surface area (Å²) in [6.45, 7) is 3.26. The van der Waals surface area contributed by atoms with E-state index in [1.165, 1.54) is 5.56 Å². The second-order valence-electron chi connectivity index (χ2n) is 9.26. The van der Waals surface area contributed by atoms with Crippen molar-refractivity contribution in [2.24, 2.45) is 0 Å². The normalized spacial score (nSPS) is 11.6. The van der Waals surface area contributed by atoms with Crippen molar-refractivity contribution < 1.29 is 9.53 Å². The molecule has 3 aromatic carbocycles. The highest BCUT2D eigenvalue weighted by Gasteiger charge is 2.17. The molecule has 2 aromatic heterocycles. The van der Waals surface area contributed by atoms with Gasteiger partial charge in [-0.25, -0.2) is 5.10 Å². The Morgan fingerprint density at radius 1 is 1.00 bits per heavy atom. The SMILES string of the molecule is CC(=Cc1cn(CC(=O)N(C)CCc2ccccc2)c2cccc(OCc3ccccc3)c12)c1nnn[nH]1. The Labute approximate surface area is 221 Å². The molecule has 5 aromatic rings. The molecule has 2 heterocycles. The summed E-state index contributed by atoms with van der Waals surface area (Å²) < 4.78 is 8.28. The molecule has 5 rings (SSSR count). The van der Waals surface area contributed by atoms with Crippen LogP contribution in [-0.2, 0) is 24.4 Å². The fraction of sp³-hybridized carbons (Fsp3) is 0.200. The van der Waals surface area contributed by atoms with Crippen LogP contribution in [-0.4, -0.2) is 49.6 Å². The summed E-state index contributed by atoms with van der Waals surface area (Å²) in [7, 11) is 1.85. The number of carbonyl (C=O) groups excluding carboxylic acids is 1. The van der Waals surface area contributed by atoms with Gasteiger partial charge in [-0.1, -0.05) is 66.7 Å².